The summed E-state index contributed by atoms with van der Waals surface area (Å²) in [4.78, 5) is 23.2. The van der Waals surface area contributed by atoms with E-state index in [9.17, 15) is 14.0 Å². The molecule has 0 fully saturated rings. The summed E-state index contributed by atoms with van der Waals surface area (Å²) in [7, 11) is 1.54. The molecule has 0 aliphatic carbocycles. The van der Waals surface area contributed by atoms with Crippen molar-refractivity contribution in [1.29, 1.82) is 0 Å². The Kier molecular flexibility index (Phi) is 5.54. The third-order valence-corrected chi connectivity index (χ3v) is 3.21. The van der Waals surface area contributed by atoms with Gasteiger partial charge in [0, 0.05) is 24.4 Å². The van der Waals surface area contributed by atoms with Crippen LogP contribution in [0.25, 0.3) is 0 Å². The Balaban J connectivity index is 1.89. The quantitative estimate of drug-likeness (QED) is 0.882. The van der Waals surface area contributed by atoms with E-state index < -0.39 is 11.7 Å². The van der Waals surface area contributed by atoms with Crippen LogP contribution in [0.4, 0.5) is 10.1 Å². The van der Waals surface area contributed by atoms with Gasteiger partial charge in [-0.3, -0.25) is 9.59 Å². The number of hydrogen-bond donors (Lipinski definition) is 2. The average molecular weight is 337 g/mol. The van der Waals surface area contributed by atoms with Crippen LogP contribution in [0.2, 0.25) is 5.02 Å². The van der Waals surface area contributed by atoms with E-state index in [4.69, 9.17) is 16.3 Å². The van der Waals surface area contributed by atoms with Crippen LogP contribution < -0.4 is 15.4 Å². The topological polar surface area (TPSA) is 67.4 Å². The Labute approximate surface area is 137 Å². The van der Waals surface area contributed by atoms with Crippen LogP contribution in [-0.2, 0) is 4.79 Å². The summed E-state index contributed by atoms with van der Waals surface area (Å²) in [6.07, 6.45) is 0. The molecule has 0 unspecified atom stereocenters. The lowest BCUT2D eigenvalue weighted by Crippen LogP contribution is -2.20. The van der Waals surface area contributed by atoms with E-state index >= 15 is 0 Å². The first-order chi connectivity index (χ1) is 11.0. The van der Waals surface area contributed by atoms with Crippen LogP contribution >= 0.6 is 11.6 Å². The Hall–Kier alpha value is -2.60. The van der Waals surface area contributed by atoms with Crippen molar-refractivity contribution in [2.45, 2.75) is 0 Å². The minimum absolute atomic E-state index is 0.0762. The van der Waals surface area contributed by atoms with E-state index in [-0.39, 0.29) is 17.5 Å². The Morgan fingerprint density at radius 3 is 2.48 bits per heavy atom. The monoisotopic (exact) mass is 336 g/mol. The highest BCUT2D eigenvalue weighted by molar-refractivity contribution is 6.30. The summed E-state index contributed by atoms with van der Waals surface area (Å²) in [6, 6.07) is 10.2. The van der Waals surface area contributed by atoms with Gasteiger partial charge in [-0.05, 0) is 36.4 Å². The third-order valence-electron chi connectivity index (χ3n) is 2.92. The zero-order chi connectivity index (χ0) is 16.8. The number of amides is 2. The molecule has 2 N–H and O–H groups in total. The lowest BCUT2D eigenvalue weighted by molar-refractivity contribution is -0.118. The highest BCUT2D eigenvalue weighted by atomic mass is 35.5. The number of benzene rings is 2. The Morgan fingerprint density at radius 1 is 1.17 bits per heavy atom. The largest absolute Gasteiger partial charge is 0.484 e. The van der Waals surface area contributed by atoms with Crippen LogP contribution in [0.5, 0.6) is 5.75 Å². The number of carbonyl (C=O) groups excluding carboxylic acids is 2. The van der Waals surface area contributed by atoms with E-state index in [1.807, 2.05) is 0 Å². The fraction of sp³-hybridized carbons (Fsp3) is 0.125. The molecule has 7 heteroatoms. The molecule has 0 aliphatic heterocycles. The molecule has 0 spiro atoms. The van der Waals surface area contributed by atoms with Crippen molar-refractivity contribution in [2.75, 3.05) is 19.0 Å². The fourth-order valence-corrected chi connectivity index (χ4v) is 1.93. The van der Waals surface area contributed by atoms with Gasteiger partial charge in [0.15, 0.2) is 6.61 Å². The van der Waals surface area contributed by atoms with Gasteiger partial charge in [0.2, 0.25) is 0 Å². The summed E-state index contributed by atoms with van der Waals surface area (Å²) in [5.41, 5.74) is 1.02. The molecule has 0 atom stereocenters. The molecule has 2 aromatic carbocycles. The standard InChI is InChI=1S/C16H14ClFN2O3/c1-19-16(22)10-2-4-11(5-3-10)20-15(21)9-23-12-6-7-14(18)13(17)8-12/h2-8H,9H2,1H3,(H,19,22)(H,20,21). The second kappa shape index (κ2) is 7.60. The lowest BCUT2D eigenvalue weighted by Gasteiger charge is -2.08. The second-order valence-electron chi connectivity index (χ2n) is 4.57. The van der Waals surface area contributed by atoms with Crippen molar-refractivity contribution in [3.05, 3.63) is 58.9 Å². The SMILES string of the molecule is CNC(=O)c1ccc(NC(=O)COc2ccc(F)c(Cl)c2)cc1. The van der Waals surface area contributed by atoms with Crippen molar-refractivity contribution in [2.24, 2.45) is 0 Å². The van der Waals surface area contributed by atoms with Crippen molar-refractivity contribution < 1.29 is 18.7 Å². The van der Waals surface area contributed by atoms with Crippen LogP contribution in [0.15, 0.2) is 42.5 Å². The van der Waals surface area contributed by atoms with E-state index in [0.717, 1.165) is 6.07 Å². The Morgan fingerprint density at radius 2 is 1.87 bits per heavy atom. The number of nitrogens with one attached hydrogen (secondary N) is 2. The number of ether oxygens (including phenoxy) is 1. The molecule has 120 valence electrons. The van der Waals surface area contributed by atoms with Crippen molar-refractivity contribution in [1.82, 2.24) is 5.32 Å². The minimum Gasteiger partial charge on any atom is -0.484 e. The summed E-state index contributed by atoms with van der Waals surface area (Å²) in [5, 5.41) is 5.05. The van der Waals surface area contributed by atoms with Crippen molar-refractivity contribution >= 4 is 29.1 Å². The van der Waals surface area contributed by atoms with Gasteiger partial charge >= 0.3 is 0 Å². The highest BCUT2D eigenvalue weighted by Gasteiger charge is 2.07. The number of rotatable bonds is 5. The molecule has 5 nitrogen and oxygen atoms in total. The van der Waals surface area contributed by atoms with Crippen LogP contribution in [0.1, 0.15) is 10.4 Å². The lowest BCUT2D eigenvalue weighted by atomic mass is 10.2. The van der Waals surface area contributed by atoms with Gasteiger partial charge < -0.3 is 15.4 Å². The minimum atomic E-state index is -0.556. The molecule has 0 heterocycles. The van der Waals surface area contributed by atoms with Gasteiger partial charge in [-0.25, -0.2) is 4.39 Å². The van der Waals surface area contributed by atoms with Gasteiger partial charge in [0.1, 0.15) is 11.6 Å². The molecule has 2 amide bonds. The Bertz CT molecular complexity index is 720. The van der Waals surface area contributed by atoms with E-state index in [0.29, 0.717) is 17.0 Å². The first-order valence-electron chi connectivity index (χ1n) is 6.69. The van der Waals surface area contributed by atoms with Crippen LogP contribution in [0, 0.1) is 5.82 Å². The fourth-order valence-electron chi connectivity index (χ4n) is 1.76. The molecular formula is C16H14ClFN2O3. The second-order valence-corrected chi connectivity index (χ2v) is 4.98. The van der Waals surface area contributed by atoms with Crippen LogP contribution in [0.3, 0.4) is 0 Å². The summed E-state index contributed by atoms with van der Waals surface area (Å²) in [6.45, 7) is -0.251. The maximum atomic E-state index is 13.0. The number of carbonyl (C=O) groups is 2. The van der Waals surface area contributed by atoms with Crippen molar-refractivity contribution in [3.63, 3.8) is 0 Å². The zero-order valence-electron chi connectivity index (χ0n) is 12.2. The molecule has 2 aromatic rings. The maximum Gasteiger partial charge on any atom is 0.262 e. The third kappa shape index (κ3) is 4.69. The zero-order valence-corrected chi connectivity index (χ0v) is 13.0. The number of anilines is 1. The first kappa shape index (κ1) is 16.8. The van der Waals surface area contributed by atoms with Crippen molar-refractivity contribution in [3.8, 4) is 5.75 Å². The predicted octanol–water partition coefficient (Wildman–Crippen LogP) is 2.86. The molecule has 0 bridgehead atoms. The van der Waals surface area contributed by atoms with E-state index in [2.05, 4.69) is 10.6 Å². The number of halogens is 2. The van der Waals surface area contributed by atoms with Gasteiger partial charge in [-0.2, -0.15) is 0 Å². The average Bonchev–Trinajstić information content (AvgIpc) is 2.56. The first-order valence-corrected chi connectivity index (χ1v) is 7.07. The highest BCUT2D eigenvalue weighted by Crippen LogP contribution is 2.21. The van der Waals surface area contributed by atoms with E-state index in [1.54, 1.807) is 24.3 Å². The predicted molar refractivity (Wildman–Crippen MR) is 85.4 cm³/mol. The van der Waals surface area contributed by atoms with E-state index in [1.165, 1.54) is 19.2 Å². The molecule has 0 saturated heterocycles. The number of hydrogen-bond acceptors (Lipinski definition) is 3. The van der Waals surface area contributed by atoms with Crippen LogP contribution in [-0.4, -0.2) is 25.5 Å². The van der Waals surface area contributed by atoms with Gasteiger partial charge in [-0.15, -0.1) is 0 Å². The molecule has 0 radical (unpaired) electrons. The summed E-state index contributed by atoms with van der Waals surface area (Å²) in [5.74, 6) is -0.862. The molecule has 0 aliphatic rings. The van der Waals surface area contributed by atoms with Gasteiger partial charge in [0.25, 0.3) is 11.8 Å². The summed E-state index contributed by atoms with van der Waals surface area (Å²) < 4.78 is 18.2. The molecule has 0 aromatic heterocycles. The summed E-state index contributed by atoms with van der Waals surface area (Å²) >= 11 is 5.62. The van der Waals surface area contributed by atoms with Gasteiger partial charge in [0.05, 0.1) is 5.02 Å². The molecule has 0 saturated carbocycles. The maximum absolute atomic E-state index is 13.0. The molecule has 23 heavy (non-hydrogen) atoms. The van der Waals surface area contributed by atoms with Gasteiger partial charge in [-0.1, -0.05) is 11.6 Å². The molecule has 2 rings (SSSR count). The molecular weight excluding hydrogens is 323 g/mol. The normalized spacial score (nSPS) is 10.0. The smallest absolute Gasteiger partial charge is 0.262 e.